The lowest BCUT2D eigenvalue weighted by molar-refractivity contribution is -0.118. The molecule has 5 heteroatoms. The van der Waals surface area contributed by atoms with Gasteiger partial charge in [0.05, 0.1) is 17.3 Å². The van der Waals surface area contributed by atoms with Gasteiger partial charge in [0, 0.05) is 10.4 Å². The normalized spacial score (nSPS) is 23.1. The number of nitriles is 1. The van der Waals surface area contributed by atoms with Crippen LogP contribution in [0.4, 0.5) is 5.69 Å². The van der Waals surface area contributed by atoms with Gasteiger partial charge in [-0.15, -0.1) is 0 Å². The smallest absolute Gasteiger partial charge is 0.228 e. The van der Waals surface area contributed by atoms with Gasteiger partial charge in [-0.1, -0.05) is 0 Å². The molecule has 1 saturated carbocycles. The summed E-state index contributed by atoms with van der Waals surface area (Å²) in [6.45, 7) is 2.04. The number of hydrogen-bond acceptors (Lipinski definition) is 3. The fourth-order valence-corrected chi connectivity index (χ4v) is 3.58. The molecule has 1 aromatic carbocycles. The Morgan fingerprint density at radius 2 is 2.20 bits per heavy atom. The Morgan fingerprint density at radius 1 is 1.45 bits per heavy atom. The zero-order chi connectivity index (χ0) is 14.2. The van der Waals surface area contributed by atoms with Crippen LogP contribution in [0.15, 0.2) is 22.7 Å². The van der Waals surface area contributed by atoms with Gasteiger partial charge in [0.25, 0.3) is 0 Å². The Hall–Kier alpha value is -1.38. The van der Waals surface area contributed by atoms with Crippen LogP contribution in [-0.4, -0.2) is 19.0 Å². The second-order valence-electron chi connectivity index (χ2n) is 5.66. The average molecular weight is 334 g/mol. The van der Waals surface area contributed by atoms with Crippen LogP contribution in [-0.2, 0) is 4.79 Å². The van der Waals surface area contributed by atoms with Gasteiger partial charge in [0.2, 0.25) is 5.91 Å². The first kappa shape index (κ1) is 13.6. The molecule has 1 aromatic rings. The number of carbonyl (C=O) groups excluding carboxylic acids is 1. The highest BCUT2D eigenvalue weighted by molar-refractivity contribution is 9.10. The molecule has 4 nitrogen and oxygen atoms in total. The SMILES string of the molecule is N#Cc1ccc(NC(=O)C2CC23CCNCC3)c(Br)c1. The van der Waals surface area contributed by atoms with Crippen molar-refractivity contribution < 1.29 is 4.79 Å². The molecule has 20 heavy (non-hydrogen) atoms. The molecule has 104 valence electrons. The predicted octanol–water partition coefficient (Wildman–Crippen LogP) is 2.65. The monoisotopic (exact) mass is 333 g/mol. The minimum absolute atomic E-state index is 0.109. The fraction of sp³-hybridized carbons (Fsp3) is 0.467. The Bertz CT molecular complexity index is 587. The molecular weight excluding hydrogens is 318 g/mol. The highest BCUT2D eigenvalue weighted by atomic mass is 79.9. The number of amides is 1. The molecule has 1 spiro atoms. The van der Waals surface area contributed by atoms with Gasteiger partial charge in [0.15, 0.2) is 0 Å². The van der Waals surface area contributed by atoms with Crippen molar-refractivity contribution in [3.05, 3.63) is 28.2 Å². The Balaban J connectivity index is 1.67. The number of hydrogen-bond donors (Lipinski definition) is 2. The first-order valence-corrected chi connectivity index (χ1v) is 7.65. The van der Waals surface area contributed by atoms with Crippen molar-refractivity contribution in [1.82, 2.24) is 5.32 Å². The van der Waals surface area contributed by atoms with Gasteiger partial charge in [-0.3, -0.25) is 4.79 Å². The lowest BCUT2D eigenvalue weighted by Gasteiger charge is -2.23. The van der Waals surface area contributed by atoms with E-state index in [0.29, 0.717) is 5.56 Å². The standard InChI is InChI=1S/C15H16BrN3O/c16-12-7-10(9-17)1-2-13(12)19-14(20)11-8-15(11)3-5-18-6-4-15/h1-2,7,11,18H,3-6,8H2,(H,19,20). The van der Waals surface area contributed by atoms with Crippen LogP contribution in [0.2, 0.25) is 0 Å². The first-order valence-electron chi connectivity index (χ1n) is 6.86. The van der Waals surface area contributed by atoms with Crippen molar-refractivity contribution >= 4 is 27.5 Å². The Labute approximate surface area is 126 Å². The summed E-state index contributed by atoms with van der Waals surface area (Å²) in [6.07, 6.45) is 3.20. The van der Waals surface area contributed by atoms with Crippen molar-refractivity contribution in [2.75, 3.05) is 18.4 Å². The molecule has 3 rings (SSSR count). The summed E-state index contributed by atoms with van der Waals surface area (Å²) in [6, 6.07) is 7.30. The van der Waals surface area contributed by atoms with E-state index in [1.54, 1.807) is 18.2 Å². The van der Waals surface area contributed by atoms with Gasteiger partial charge < -0.3 is 10.6 Å². The van der Waals surface area contributed by atoms with Crippen LogP contribution in [0, 0.1) is 22.7 Å². The predicted molar refractivity (Wildman–Crippen MR) is 80.1 cm³/mol. The number of rotatable bonds is 2. The van der Waals surface area contributed by atoms with Crippen molar-refractivity contribution in [1.29, 1.82) is 5.26 Å². The maximum Gasteiger partial charge on any atom is 0.228 e. The topological polar surface area (TPSA) is 64.9 Å². The van der Waals surface area contributed by atoms with Crippen LogP contribution in [0.25, 0.3) is 0 Å². The number of nitrogens with zero attached hydrogens (tertiary/aromatic N) is 1. The van der Waals surface area contributed by atoms with Crippen LogP contribution in [0.5, 0.6) is 0 Å². The number of halogens is 1. The van der Waals surface area contributed by atoms with E-state index in [1.807, 2.05) is 0 Å². The molecule has 1 atom stereocenters. The van der Waals surface area contributed by atoms with Crippen LogP contribution < -0.4 is 10.6 Å². The highest BCUT2D eigenvalue weighted by Gasteiger charge is 2.57. The molecule has 1 amide bonds. The van der Waals surface area contributed by atoms with E-state index >= 15 is 0 Å². The molecule has 2 aliphatic rings. The third kappa shape index (κ3) is 2.46. The summed E-state index contributed by atoms with van der Waals surface area (Å²) >= 11 is 3.40. The molecule has 1 saturated heterocycles. The van der Waals surface area contributed by atoms with E-state index in [0.717, 1.165) is 42.5 Å². The summed E-state index contributed by atoms with van der Waals surface area (Å²) in [4.78, 5) is 12.3. The molecule has 2 fully saturated rings. The van der Waals surface area contributed by atoms with Crippen molar-refractivity contribution in [2.24, 2.45) is 11.3 Å². The minimum atomic E-state index is 0.109. The van der Waals surface area contributed by atoms with Gasteiger partial charge >= 0.3 is 0 Å². The summed E-state index contributed by atoms with van der Waals surface area (Å²) in [7, 11) is 0. The molecule has 1 unspecified atom stereocenters. The molecule has 0 radical (unpaired) electrons. The lowest BCUT2D eigenvalue weighted by atomic mass is 9.92. The van der Waals surface area contributed by atoms with Crippen molar-refractivity contribution in [3.63, 3.8) is 0 Å². The number of nitrogens with one attached hydrogen (secondary N) is 2. The van der Waals surface area contributed by atoms with E-state index in [9.17, 15) is 4.79 Å². The molecule has 1 aliphatic heterocycles. The molecule has 0 aromatic heterocycles. The lowest BCUT2D eigenvalue weighted by Crippen LogP contribution is -2.31. The fourth-order valence-electron chi connectivity index (χ4n) is 3.10. The first-order chi connectivity index (χ1) is 9.64. The molecule has 2 N–H and O–H groups in total. The average Bonchev–Trinajstić information content (AvgIpc) is 3.15. The van der Waals surface area contributed by atoms with Gasteiger partial charge in [-0.25, -0.2) is 0 Å². The van der Waals surface area contributed by atoms with E-state index in [1.165, 1.54) is 0 Å². The number of anilines is 1. The van der Waals surface area contributed by atoms with Gasteiger partial charge in [-0.05, 0) is 71.9 Å². The summed E-state index contributed by atoms with van der Waals surface area (Å²) in [5.74, 6) is 0.254. The van der Waals surface area contributed by atoms with Crippen LogP contribution in [0.1, 0.15) is 24.8 Å². The molecule has 1 aliphatic carbocycles. The number of piperidine rings is 1. The van der Waals surface area contributed by atoms with Crippen molar-refractivity contribution in [3.8, 4) is 6.07 Å². The third-order valence-electron chi connectivity index (χ3n) is 4.46. The third-order valence-corrected chi connectivity index (χ3v) is 5.12. The van der Waals surface area contributed by atoms with Crippen molar-refractivity contribution in [2.45, 2.75) is 19.3 Å². The van der Waals surface area contributed by atoms with E-state index < -0.39 is 0 Å². The maximum atomic E-state index is 12.3. The Morgan fingerprint density at radius 3 is 2.85 bits per heavy atom. The van der Waals surface area contributed by atoms with Gasteiger partial charge in [-0.2, -0.15) is 5.26 Å². The van der Waals surface area contributed by atoms with Crippen LogP contribution >= 0.6 is 15.9 Å². The number of carbonyl (C=O) groups is 1. The quantitative estimate of drug-likeness (QED) is 0.874. The Kier molecular flexibility index (Phi) is 3.53. The summed E-state index contributed by atoms with van der Waals surface area (Å²) in [5, 5.41) is 15.2. The summed E-state index contributed by atoms with van der Waals surface area (Å²) in [5.41, 5.74) is 1.56. The summed E-state index contributed by atoms with van der Waals surface area (Å²) < 4.78 is 0.755. The highest BCUT2D eigenvalue weighted by Crippen LogP contribution is 2.58. The van der Waals surface area contributed by atoms with E-state index in [2.05, 4.69) is 32.6 Å². The zero-order valence-electron chi connectivity index (χ0n) is 11.1. The molecule has 0 bridgehead atoms. The second-order valence-corrected chi connectivity index (χ2v) is 6.52. The van der Waals surface area contributed by atoms with E-state index in [4.69, 9.17) is 5.26 Å². The second kappa shape index (κ2) is 5.19. The largest absolute Gasteiger partial charge is 0.325 e. The van der Waals surface area contributed by atoms with Crippen LogP contribution in [0.3, 0.4) is 0 Å². The number of benzene rings is 1. The molecule has 1 heterocycles. The minimum Gasteiger partial charge on any atom is -0.325 e. The van der Waals surface area contributed by atoms with E-state index in [-0.39, 0.29) is 17.2 Å². The molecular formula is C15H16BrN3O. The maximum absolute atomic E-state index is 12.3. The van der Waals surface area contributed by atoms with Gasteiger partial charge in [0.1, 0.15) is 0 Å². The zero-order valence-corrected chi connectivity index (χ0v) is 12.7.